The van der Waals surface area contributed by atoms with Crippen LogP contribution < -0.4 is 15.5 Å². The molecule has 2 N–H and O–H groups in total. The predicted octanol–water partition coefficient (Wildman–Crippen LogP) is 2.13. The van der Waals surface area contributed by atoms with Crippen LogP contribution >= 0.6 is 0 Å². The minimum Gasteiger partial charge on any atom is -0.355 e. The van der Waals surface area contributed by atoms with Gasteiger partial charge in [0.25, 0.3) is 5.91 Å². The van der Waals surface area contributed by atoms with E-state index in [4.69, 9.17) is 0 Å². The molecule has 24 heavy (non-hydrogen) atoms. The van der Waals surface area contributed by atoms with E-state index < -0.39 is 0 Å². The van der Waals surface area contributed by atoms with Gasteiger partial charge < -0.3 is 15.5 Å². The molecule has 6 heteroatoms. The lowest BCUT2D eigenvalue weighted by Crippen LogP contribution is -2.33. The van der Waals surface area contributed by atoms with E-state index in [1.165, 1.54) is 0 Å². The zero-order chi connectivity index (χ0) is 17.7. The van der Waals surface area contributed by atoms with Crippen LogP contribution in [-0.4, -0.2) is 37.4 Å². The fourth-order valence-corrected chi connectivity index (χ4v) is 2.49. The SMILES string of the molecule is CNC(=O)c1cccnc1N(C)CC(=O)Nc1c(C)cccc1C. The van der Waals surface area contributed by atoms with E-state index in [0.29, 0.717) is 11.4 Å². The van der Waals surface area contributed by atoms with Crippen molar-refractivity contribution in [2.75, 3.05) is 30.9 Å². The number of amides is 2. The number of hydrogen-bond acceptors (Lipinski definition) is 4. The van der Waals surface area contributed by atoms with E-state index >= 15 is 0 Å². The van der Waals surface area contributed by atoms with Crippen LogP contribution in [-0.2, 0) is 4.79 Å². The maximum absolute atomic E-state index is 12.4. The van der Waals surface area contributed by atoms with Gasteiger partial charge in [0.05, 0.1) is 12.1 Å². The quantitative estimate of drug-likeness (QED) is 0.883. The lowest BCUT2D eigenvalue weighted by Gasteiger charge is -2.20. The molecule has 2 amide bonds. The number of nitrogens with one attached hydrogen (secondary N) is 2. The van der Waals surface area contributed by atoms with Gasteiger partial charge in [-0.05, 0) is 37.1 Å². The minimum absolute atomic E-state index is 0.0920. The molecule has 2 rings (SSSR count). The van der Waals surface area contributed by atoms with Crippen LogP contribution in [0.4, 0.5) is 11.5 Å². The Hall–Kier alpha value is -2.89. The van der Waals surface area contributed by atoms with Crippen LogP contribution in [0.2, 0.25) is 0 Å². The Morgan fingerprint density at radius 2 is 1.79 bits per heavy atom. The Balaban J connectivity index is 2.14. The van der Waals surface area contributed by atoms with Crippen LogP contribution in [0.1, 0.15) is 21.5 Å². The normalized spacial score (nSPS) is 10.2. The summed E-state index contributed by atoms with van der Waals surface area (Å²) in [5.74, 6) is 0.0667. The molecule has 6 nitrogen and oxygen atoms in total. The third-order valence-corrected chi connectivity index (χ3v) is 3.75. The molecule has 0 radical (unpaired) electrons. The molecule has 126 valence electrons. The summed E-state index contributed by atoms with van der Waals surface area (Å²) in [5, 5.41) is 5.51. The summed E-state index contributed by atoms with van der Waals surface area (Å²) in [5.41, 5.74) is 3.27. The highest BCUT2D eigenvalue weighted by molar-refractivity contribution is 6.00. The molecule has 0 spiro atoms. The van der Waals surface area contributed by atoms with Crippen molar-refractivity contribution in [1.29, 1.82) is 0 Å². The van der Waals surface area contributed by atoms with Crippen molar-refractivity contribution < 1.29 is 9.59 Å². The summed E-state index contributed by atoms with van der Waals surface area (Å²) < 4.78 is 0. The summed E-state index contributed by atoms with van der Waals surface area (Å²) in [6.45, 7) is 4.00. The summed E-state index contributed by atoms with van der Waals surface area (Å²) in [6, 6.07) is 9.24. The number of para-hydroxylation sites is 1. The average Bonchev–Trinajstić information content (AvgIpc) is 2.57. The van der Waals surface area contributed by atoms with Crippen molar-refractivity contribution in [2.45, 2.75) is 13.8 Å². The van der Waals surface area contributed by atoms with E-state index in [1.54, 1.807) is 37.3 Å². The van der Waals surface area contributed by atoms with Crippen LogP contribution in [0.3, 0.4) is 0 Å². The van der Waals surface area contributed by atoms with Crippen molar-refractivity contribution in [3.8, 4) is 0 Å². The molecule has 1 aromatic carbocycles. The Labute approximate surface area is 141 Å². The van der Waals surface area contributed by atoms with Gasteiger partial charge in [0.2, 0.25) is 5.91 Å². The third-order valence-electron chi connectivity index (χ3n) is 3.75. The molecule has 1 heterocycles. The third kappa shape index (κ3) is 3.90. The zero-order valence-corrected chi connectivity index (χ0v) is 14.4. The molecule has 0 aliphatic carbocycles. The second-order valence-electron chi connectivity index (χ2n) is 5.62. The van der Waals surface area contributed by atoms with Gasteiger partial charge in [-0.1, -0.05) is 18.2 Å². The molecule has 0 aliphatic rings. The number of hydrogen-bond donors (Lipinski definition) is 2. The molecule has 0 atom stereocenters. The van der Waals surface area contributed by atoms with Crippen molar-refractivity contribution >= 4 is 23.3 Å². The van der Waals surface area contributed by atoms with Gasteiger partial charge in [-0.3, -0.25) is 9.59 Å². The maximum Gasteiger partial charge on any atom is 0.254 e. The van der Waals surface area contributed by atoms with Crippen molar-refractivity contribution in [2.24, 2.45) is 0 Å². The average molecular weight is 326 g/mol. The molecule has 0 unspecified atom stereocenters. The second kappa shape index (κ2) is 7.59. The number of benzene rings is 1. The summed E-state index contributed by atoms with van der Waals surface area (Å²) >= 11 is 0. The summed E-state index contributed by atoms with van der Waals surface area (Å²) in [7, 11) is 3.30. The van der Waals surface area contributed by atoms with E-state index in [2.05, 4.69) is 15.6 Å². The highest BCUT2D eigenvalue weighted by Crippen LogP contribution is 2.20. The molecular weight excluding hydrogens is 304 g/mol. The summed E-state index contributed by atoms with van der Waals surface area (Å²) in [4.78, 5) is 30.2. The number of carbonyl (C=O) groups is 2. The first-order chi connectivity index (χ1) is 11.4. The lowest BCUT2D eigenvalue weighted by atomic mass is 10.1. The van der Waals surface area contributed by atoms with Gasteiger partial charge in [0, 0.05) is 26.0 Å². The zero-order valence-electron chi connectivity index (χ0n) is 14.4. The van der Waals surface area contributed by atoms with Crippen molar-refractivity contribution in [1.82, 2.24) is 10.3 Å². The molecular formula is C18H22N4O2. The first kappa shape index (κ1) is 17.5. The topological polar surface area (TPSA) is 74.3 Å². The molecule has 0 bridgehead atoms. The maximum atomic E-state index is 12.4. The van der Waals surface area contributed by atoms with Gasteiger partial charge in [-0.15, -0.1) is 0 Å². The highest BCUT2D eigenvalue weighted by Gasteiger charge is 2.17. The van der Waals surface area contributed by atoms with E-state index in [1.807, 2.05) is 32.0 Å². The van der Waals surface area contributed by atoms with E-state index in [9.17, 15) is 9.59 Å². The Kier molecular flexibility index (Phi) is 5.52. The second-order valence-corrected chi connectivity index (χ2v) is 5.62. The number of aromatic nitrogens is 1. The van der Waals surface area contributed by atoms with Gasteiger partial charge in [-0.25, -0.2) is 4.98 Å². The monoisotopic (exact) mass is 326 g/mol. The number of rotatable bonds is 5. The van der Waals surface area contributed by atoms with Crippen LogP contribution in [0, 0.1) is 13.8 Å². The number of nitrogens with zero attached hydrogens (tertiary/aromatic N) is 2. The number of likely N-dealkylation sites (N-methyl/N-ethyl adjacent to an activating group) is 1. The lowest BCUT2D eigenvalue weighted by molar-refractivity contribution is -0.114. The Morgan fingerprint density at radius 1 is 1.12 bits per heavy atom. The number of aryl methyl sites for hydroxylation is 2. The summed E-state index contributed by atoms with van der Waals surface area (Å²) in [6.07, 6.45) is 1.60. The van der Waals surface area contributed by atoms with E-state index in [0.717, 1.165) is 16.8 Å². The molecule has 0 saturated carbocycles. The van der Waals surface area contributed by atoms with Crippen LogP contribution in [0.5, 0.6) is 0 Å². The fraction of sp³-hybridized carbons (Fsp3) is 0.278. The first-order valence-electron chi connectivity index (χ1n) is 7.68. The van der Waals surface area contributed by atoms with Gasteiger partial charge in [0.15, 0.2) is 0 Å². The Bertz CT molecular complexity index is 738. The van der Waals surface area contributed by atoms with Crippen LogP contribution in [0.25, 0.3) is 0 Å². The first-order valence-corrected chi connectivity index (χ1v) is 7.68. The Morgan fingerprint density at radius 3 is 2.42 bits per heavy atom. The molecule has 0 fully saturated rings. The fourth-order valence-electron chi connectivity index (χ4n) is 2.49. The minimum atomic E-state index is -0.236. The standard InChI is InChI=1S/C18H22N4O2/c1-12-7-5-8-13(2)16(12)21-15(23)11-22(4)17-14(18(24)19-3)9-6-10-20-17/h5-10H,11H2,1-4H3,(H,19,24)(H,21,23). The smallest absolute Gasteiger partial charge is 0.254 e. The van der Waals surface area contributed by atoms with Gasteiger partial charge in [-0.2, -0.15) is 0 Å². The largest absolute Gasteiger partial charge is 0.355 e. The molecule has 2 aromatic rings. The highest BCUT2D eigenvalue weighted by atomic mass is 16.2. The number of anilines is 2. The number of pyridine rings is 1. The molecule has 1 aromatic heterocycles. The number of carbonyl (C=O) groups excluding carboxylic acids is 2. The van der Waals surface area contributed by atoms with Crippen molar-refractivity contribution in [3.05, 3.63) is 53.2 Å². The van der Waals surface area contributed by atoms with Gasteiger partial charge >= 0.3 is 0 Å². The molecule has 0 saturated heterocycles. The van der Waals surface area contributed by atoms with E-state index in [-0.39, 0.29) is 18.4 Å². The van der Waals surface area contributed by atoms with Crippen LogP contribution in [0.15, 0.2) is 36.5 Å². The van der Waals surface area contributed by atoms with Gasteiger partial charge in [0.1, 0.15) is 5.82 Å². The van der Waals surface area contributed by atoms with Crippen molar-refractivity contribution in [3.63, 3.8) is 0 Å². The predicted molar refractivity (Wildman–Crippen MR) is 95.4 cm³/mol. The molecule has 0 aliphatic heterocycles.